The molecule has 3 rings (SSSR count). The van der Waals surface area contributed by atoms with Crippen molar-refractivity contribution in [3.8, 4) is 0 Å². The van der Waals surface area contributed by atoms with Crippen molar-refractivity contribution < 1.29 is 50.3 Å². The Labute approximate surface area is 171 Å². The number of aliphatic hydroxyl groups excluding tert-OH is 8. The number of aliphatic hydroxyl groups is 8. The lowest BCUT2D eigenvalue weighted by Gasteiger charge is -2.42. The molecule has 0 radical (unpaired) electrons. The maximum atomic E-state index is 10.2. The molecule has 10 N–H and O–H groups in total. The molecule has 0 amide bonds. The third-order valence-corrected chi connectivity index (χ3v) is 5.31. The van der Waals surface area contributed by atoms with Gasteiger partial charge in [-0.2, -0.15) is 0 Å². The molecule has 12 nitrogen and oxygen atoms in total. The normalized spacial score (nSPS) is 42.0. The molecule has 2 aliphatic heterocycles. The first-order chi connectivity index (χ1) is 14.3. The van der Waals surface area contributed by atoms with E-state index >= 15 is 0 Å². The zero-order valence-corrected chi connectivity index (χ0v) is 15.9. The molecule has 1 aromatic carbocycles. The number of nitrogens with one attached hydrogen (secondary N) is 2. The Morgan fingerprint density at radius 1 is 0.600 bits per heavy atom. The van der Waals surface area contributed by atoms with E-state index in [1.165, 1.54) is 0 Å². The van der Waals surface area contributed by atoms with Crippen LogP contribution in [0.3, 0.4) is 0 Å². The van der Waals surface area contributed by atoms with Crippen molar-refractivity contribution in [3.05, 3.63) is 24.3 Å². The van der Waals surface area contributed by atoms with Crippen LogP contribution in [0.4, 0.5) is 11.4 Å². The van der Waals surface area contributed by atoms with Gasteiger partial charge in [0, 0.05) is 0 Å². The van der Waals surface area contributed by atoms with Gasteiger partial charge < -0.3 is 61.0 Å². The van der Waals surface area contributed by atoms with E-state index < -0.39 is 74.5 Å². The van der Waals surface area contributed by atoms with E-state index in [2.05, 4.69) is 10.6 Å². The van der Waals surface area contributed by atoms with Crippen LogP contribution >= 0.6 is 0 Å². The minimum Gasteiger partial charge on any atom is -0.394 e. The van der Waals surface area contributed by atoms with Gasteiger partial charge in [-0.1, -0.05) is 12.1 Å². The molecule has 2 fully saturated rings. The minimum absolute atomic E-state index is 0.346. The van der Waals surface area contributed by atoms with Crippen LogP contribution in [0.5, 0.6) is 0 Å². The Bertz CT molecular complexity index is 636. The molecular formula is C18H28N2O10. The summed E-state index contributed by atoms with van der Waals surface area (Å²) in [6.07, 6.45) is -13.7. The topological polar surface area (TPSA) is 204 Å². The van der Waals surface area contributed by atoms with Gasteiger partial charge in [0.25, 0.3) is 0 Å². The average molecular weight is 432 g/mol. The summed E-state index contributed by atoms with van der Waals surface area (Å²) < 4.78 is 10.9. The zero-order valence-electron chi connectivity index (χ0n) is 15.9. The standard InChI is InChI=1S/C18H28N2O10/c21-5-9-11(23)13(25)15(27)17(29-9)19-7-3-1-2-4-8(7)20-18-16(28)14(26)12(24)10(6-22)30-18/h1-4,9-28H,5-6H2/t9-,10-,11+,12+,13+,14+,15-,16+,17-,18-/m0/s1. The summed E-state index contributed by atoms with van der Waals surface area (Å²) in [6, 6.07) is 6.50. The Kier molecular flexibility index (Phi) is 7.47. The maximum Gasteiger partial charge on any atom is 0.157 e. The second-order valence-electron chi connectivity index (χ2n) is 7.33. The second kappa shape index (κ2) is 9.70. The molecule has 0 saturated carbocycles. The van der Waals surface area contributed by atoms with Gasteiger partial charge in [0.2, 0.25) is 0 Å². The number of rotatable bonds is 6. The van der Waals surface area contributed by atoms with Gasteiger partial charge in [-0.05, 0) is 12.1 Å². The van der Waals surface area contributed by atoms with Crippen molar-refractivity contribution >= 4 is 11.4 Å². The highest BCUT2D eigenvalue weighted by Crippen LogP contribution is 2.30. The first-order valence-corrected chi connectivity index (χ1v) is 9.51. The molecule has 0 aliphatic carbocycles. The number of hydrogen-bond donors (Lipinski definition) is 10. The van der Waals surface area contributed by atoms with E-state index in [-0.39, 0.29) is 0 Å². The number of hydrogen-bond acceptors (Lipinski definition) is 12. The highest BCUT2D eigenvalue weighted by Gasteiger charge is 2.45. The van der Waals surface area contributed by atoms with Gasteiger partial charge in [-0.3, -0.25) is 0 Å². The first-order valence-electron chi connectivity index (χ1n) is 9.51. The van der Waals surface area contributed by atoms with Crippen LogP contribution in [-0.4, -0.2) is 115 Å². The first kappa shape index (κ1) is 23.1. The lowest BCUT2D eigenvalue weighted by Crippen LogP contribution is -2.61. The van der Waals surface area contributed by atoms with E-state index in [4.69, 9.17) is 9.47 Å². The number of anilines is 2. The fourth-order valence-corrected chi connectivity index (χ4v) is 3.48. The van der Waals surface area contributed by atoms with Crippen molar-refractivity contribution in [2.45, 2.75) is 61.3 Å². The van der Waals surface area contributed by atoms with Crippen molar-refractivity contribution in [3.63, 3.8) is 0 Å². The molecule has 2 aliphatic rings. The summed E-state index contributed by atoms with van der Waals surface area (Å²) in [7, 11) is 0. The van der Waals surface area contributed by atoms with Crippen LogP contribution in [0.1, 0.15) is 0 Å². The third kappa shape index (κ3) is 4.53. The van der Waals surface area contributed by atoms with Gasteiger partial charge in [0.05, 0.1) is 24.6 Å². The second-order valence-corrected chi connectivity index (χ2v) is 7.33. The highest BCUT2D eigenvalue weighted by molar-refractivity contribution is 5.69. The third-order valence-electron chi connectivity index (χ3n) is 5.31. The summed E-state index contributed by atoms with van der Waals surface area (Å²) in [5, 5.41) is 84.4. The molecular weight excluding hydrogens is 404 g/mol. The Morgan fingerprint density at radius 2 is 0.967 bits per heavy atom. The monoisotopic (exact) mass is 432 g/mol. The molecule has 30 heavy (non-hydrogen) atoms. The highest BCUT2D eigenvalue weighted by atomic mass is 16.6. The number of para-hydroxylation sites is 2. The summed E-state index contributed by atoms with van der Waals surface area (Å²) in [6.45, 7) is -1.15. The Morgan fingerprint density at radius 3 is 1.30 bits per heavy atom. The lowest BCUT2D eigenvalue weighted by molar-refractivity contribution is -0.222. The van der Waals surface area contributed by atoms with Crippen LogP contribution in [0.15, 0.2) is 24.3 Å². The van der Waals surface area contributed by atoms with Crippen molar-refractivity contribution in [1.82, 2.24) is 0 Å². The van der Waals surface area contributed by atoms with E-state index in [1.807, 2.05) is 0 Å². The maximum absolute atomic E-state index is 10.2. The number of benzene rings is 1. The zero-order chi connectivity index (χ0) is 22.0. The molecule has 170 valence electrons. The van der Waals surface area contributed by atoms with E-state index in [0.717, 1.165) is 0 Å². The fourth-order valence-electron chi connectivity index (χ4n) is 3.48. The molecule has 12 heteroatoms. The largest absolute Gasteiger partial charge is 0.394 e. The summed E-state index contributed by atoms with van der Waals surface area (Å²) >= 11 is 0. The molecule has 1 aromatic rings. The van der Waals surface area contributed by atoms with Crippen LogP contribution in [0.25, 0.3) is 0 Å². The minimum atomic E-state index is -1.56. The van der Waals surface area contributed by atoms with Gasteiger partial charge in [0.1, 0.15) is 48.8 Å². The van der Waals surface area contributed by atoms with Crippen LogP contribution in [0, 0.1) is 0 Å². The summed E-state index contributed by atoms with van der Waals surface area (Å²) in [4.78, 5) is 0. The van der Waals surface area contributed by atoms with Crippen LogP contribution in [-0.2, 0) is 9.47 Å². The molecule has 2 saturated heterocycles. The van der Waals surface area contributed by atoms with E-state index in [0.29, 0.717) is 11.4 Å². The molecule has 0 unspecified atom stereocenters. The van der Waals surface area contributed by atoms with Crippen LogP contribution in [0.2, 0.25) is 0 Å². The van der Waals surface area contributed by atoms with Crippen molar-refractivity contribution in [2.24, 2.45) is 0 Å². The lowest BCUT2D eigenvalue weighted by atomic mass is 9.98. The van der Waals surface area contributed by atoms with Crippen molar-refractivity contribution in [2.75, 3.05) is 23.8 Å². The van der Waals surface area contributed by atoms with E-state index in [9.17, 15) is 40.9 Å². The molecule has 0 bridgehead atoms. The van der Waals surface area contributed by atoms with Crippen LogP contribution < -0.4 is 10.6 Å². The Balaban J connectivity index is 1.76. The van der Waals surface area contributed by atoms with Gasteiger partial charge in [-0.25, -0.2) is 0 Å². The fraction of sp³-hybridized carbons (Fsp3) is 0.667. The van der Waals surface area contributed by atoms with E-state index in [1.54, 1.807) is 24.3 Å². The number of ether oxygens (including phenoxy) is 2. The van der Waals surface area contributed by atoms with Gasteiger partial charge >= 0.3 is 0 Å². The predicted octanol–water partition coefficient (Wildman–Crippen LogP) is -3.89. The predicted molar refractivity (Wildman–Crippen MR) is 101 cm³/mol. The van der Waals surface area contributed by atoms with Gasteiger partial charge in [0.15, 0.2) is 12.5 Å². The quantitative estimate of drug-likeness (QED) is 0.210. The van der Waals surface area contributed by atoms with Gasteiger partial charge in [-0.15, -0.1) is 0 Å². The molecule has 2 heterocycles. The summed E-state index contributed by atoms with van der Waals surface area (Å²) in [5.41, 5.74) is 0.692. The average Bonchev–Trinajstić information content (AvgIpc) is 2.75. The smallest absolute Gasteiger partial charge is 0.157 e. The molecule has 0 spiro atoms. The molecule has 10 atom stereocenters. The Hall–Kier alpha value is -1.58. The summed E-state index contributed by atoms with van der Waals surface area (Å²) in [5.74, 6) is 0. The molecule has 0 aromatic heterocycles. The SMILES string of the molecule is OC[C@@H]1O[C@H](Nc2ccccc2N[C@H]2O[C@@H](CO)[C@@H](O)[C@@H](O)[C@H]2O)[C@@H](O)[C@H](O)[C@@H]1O. The van der Waals surface area contributed by atoms with Crippen molar-refractivity contribution in [1.29, 1.82) is 0 Å².